The average molecular weight is 475 g/mol. The molecule has 2 aliphatic rings. The van der Waals surface area contributed by atoms with Gasteiger partial charge in [0.1, 0.15) is 6.04 Å². The molecule has 0 radical (unpaired) electrons. The number of nitrogens with zero attached hydrogens (tertiary/aromatic N) is 3. The van der Waals surface area contributed by atoms with Crippen LogP contribution in [0.4, 0.5) is 5.95 Å². The predicted molar refractivity (Wildman–Crippen MR) is 121 cm³/mol. The van der Waals surface area contributed by atoms with Gasteiger partial charge in [0.15, 0.2) is 5.78 Å². The van der Waals surface area contributed by atoms with Gasteiger partial charge < -0.3 is 5.32 Å². The van der Waals surface area contributed by atoms with E-state index in [9.17, 15) is 4.79 Å². The molecule has 0 amide bonds. The molecule has 29 heavy (non-hydrogen) atoms. The number of hydrogen-bond acceptors (Lipinski definition) is 5. The molecule has 154 valence electrons. The Bertz CT molecular complexity index is 948. The Morgan fingerprint density at radius 3 is 2.72 bits per heavy atom. The van der Waals surface area contributed by atoms with Gasteiger partial charge in [0.25, 0.3) is 0 Å². The first kappa shape index (κ1) is 20.7. The molecule has 1 aliphatic carbocycles. The second-order valence-corrected chi connectivity index (χ2v) is 10.6. The standard InChI is InChI=1S/C22H27BrN4OS/c1-4-5-6-11-29-21-25-20-24-16-12-22(2,3)13-17(28)18(16)19(27(20)26-21)14-7-9-15(23)10-8-14/h7-10,19H,4-6,11-13H2,1-3H3,(H,24,25,26)/t19-/m1/s1. The third-order valence-electron chi connectivity index (χ3n) is 5.48. The lowest BCUT2D eigenvalue weighted by molar-refractivity contribution is -0.118. The van der Waals surface area contributed by atoms with Crippen molar-refractivity contribution < 1.29 is 4.79 Å². The van der Waals surface area contributed by atoms with Gasteiger partial charge in [-0.2, -0.15) is 4.98 Å². The number of carbonyl (C=O) groups is 1. The molecule has 0 unspecified atom stereocenters. The molecule has 1 aromatic heterocycles. The molecule has 7 heteroatoms. The van der Waals surface area contributed by atoms with Gasteiger partial charge >= 0.3 is 0 Å². The topological polar surface area (TPSA) is 59.8 Å². The summed E-state index contributed by atoms with van der Waals surface area (Å²) in [7, 11) is 0. The Morgan fingerprint density at radius 2 is 2.00 bits per heavy atom. The van der Waals surface area contributed by atoms with Gasteiger partial charge in [0.2, 0.25) is 11.1 Å². The molecule has 0 saturated heterocycles. The van der Waals surface area contributed by atoms with Gasteiger partial charge in [-0.25, -0.2) is 4.68 Å². The van der Waals surface area contributed by atoms with Crippen LogP contribution in [0.1, 0.15) is 64.5 Å². The zero-order valence-electron chi connectivity index (χ0n) is 17.2. The third kappa shape index (κ3) is 4.31. The molecule has 0 fully saturated rings. The van der Waals surface area contributed by atoms with Crippen LogP contribution in [0.5, 0.6) is 0 Å². The van der Waals surface area contributed by atoms with E-state index in [0.717, 1.165) is 51.0 Å². The molecule has 0 bridgehead atoms. The number of thioether (sulfide) groups is 1. The number of allylic oxidation sites excluding steroid dienone is 2. The summed E-state index contributed by atoms with van der Waals surface area (Å²) in [5.41, 5.74) is 2.85. The number of nitrogens with one attached hydrogen (secondary N) is 1. The molecule has 1 atom stereocenters. The number of Topliss-reactive ketones (excluding diaryl/α,β-unsaturated/α-hetero) is 1. The Labute approximate surface area is 184 Å². The van der Waals surface area contributed by atoms with Crippen molar-refractivity contribution in [1.29, 1.82) is 0 Å². The van der Waals surface area contributed by atoms with Gasteiger partial charge in [-0.3, -0.25) is 4.79 Å². The lowest BCUT2D eigenvalue weighted by atomic mass is 9.73. The predicted octanol–water partition coefficient (Wildman–Crippen LogP) is 5.98. The van der Waals surface area contributed by atoms with Crippen LogP contribution in [-0.2, 0) is 4.79 Å². The number of carbonyl (C=O) groups excluding carboxylic acids is 1. The minimum Gasteiger partial charge on any atom is -0.328 e. The van der Waals surface area contributed by atoms with E-state index in [0.29, 0.717) is 6.42 Å². The molecular formula is C22H27BrN4OS. The molecule has 4 rings (SSSR count). The average Bonchev–Trinajstić information content (AvgIpc) is 3.06. The number of halogens is 1. The highest BCUT2D eigenvalue weighted by Crippen LogP contribution is 2.45. The number of fused-ring (bicyclic) bond motifs is 1. The van der Waals surface area contributed by atoms with E-state index in [1.54, 1.807) is 11.8 Å². The van der Waals surface area contributed by atoms with Crippen LogP contribution >= 0.6 is 27.7 Å². The lowest BCUT2D eigenvalue weighted by Crippen LogP contribution is -2.36. The summed E-state index contributed by atoms with van der Waals surface area (Å²) in [5, 5.41) is 9.02. The van der Waals surface area contributed by atoms with Gasteiger partial charge in [-0.05, 0) is 36.0 Å². The summed E-state index contributed by atoms with van der Waals surface area (Å²) in [6.45, 7) is 6.51. The number of benzene rings is 1. The second kappa shape index (κ2) is 8.26. The van der Waals surface area contributed by atoms with Crippen LogP contribution in [-0.4, -0.2) is 26.3 Å². The Balaban J connectivity index is 1.73. The number of hydrogen-bond donors (Lipinski definition) is 1. The van der Waals surface area contributed by atoms with Crippen LogP contribution in [0, 0.1) is 5.41 Å². The summed E-state index contributed by atoms with van der Waals surface area (Å²) >= 11 is 5.21. The first-order valence-electron chi connectivity index (χ1n) is 10.3. The highest BCUT2D eigenvalue weighted by molar-refractivity contribution is 9.10. The Morgan fingerprint density at radius 1 is 1.24 bits per heavy atom. The summed E-state index contributed by atoms with van der Waals surface area (Å²) in [5.74, 6) is 1.95. The largest absolute Gasteiger partial charge is 0.328 e. The van der Waals surface area contributed by atoms with Crippen molar-refractivity contribution in [2.45, 2.75) is 64.1 Å². The maximum atomic E-state index is 13.2. The molecule has 2 heterocycles. The number of unbranched alkanes of at least 4 members (excludes halogenated alkanes) is 2. The van der Waals surface area contributed by atoms with E-state index in [4.69, 9.17) is 10.1 Å². The summed E-state index contributed by atoms with van der Waals surface area (Å²) in [6, 6.07) is 7.95. The highest BCUT2D eigenvalue weighted by Gasteiger charge is 2.41. The highest BCUT2D eigenvalue weighted by atomic mass is 79.9. The normalized spacial score (nSPS) is 20.3. The quantitative estimate of drug-likeness (QED) is 0.411. The fourth-order valence-corrected chi connectivity index (χ4v) is 5.21. The molecule has 1 aliphatic heterocycles. The van der Waals surface area contributed by atoms with E-state index in [1.165, 1.54) is 12.8 Å². The summed E-state index contributed by atoms with van der Waals surface area (Å²) in [4.78, 5) is 17.9. The monoisotopic (exact) mass is 474 g/mol. The Hall–Kier alpha value is -1.60. The van der Waals surface area contributed by atoms with Crippen molar-refractivity contribution >= 4 is 39.4 Å². The molecule has 2 aromatic rings. The van der Waals surface area contributed by atoms with E-state index in [2.05, 4.69) is 54.2 Å². The van der Waals surface area contributed by atoms with Crippen molar-refractivity contribution in [3.05, 3.63) is 45.6 Å². The molecular weight excluding hydrogens is 448 g/mol. The van der Waals surface area contributed by atoms with Gasteiger partial charge in [-0.15, -0.1) is 5.10 Å². The van der Waals surface area contributed by atoms with Crippen molar-refractivity contribution in [3.63, 3.8) is 0 Å². The van der Waals surface area contributed by atoms with Gasteiger partial charge in [0, 0.05) is 27.9 Å². The number of ketones is 1. The van der Waals surface area contributed by atoms with Crippen molar-refractivity contribution in [2.24, 2.45) is 5.41 Å². The minimum atomic E-state index is -0.226. The van der Waals surface area contributed by atoms with E-state index >= 15 is 0 Å². The summed E-state index contributed by atoms with van der Waals surface area (Å²) < 4.78 is 2.92. The smallest absolute Gasteiger partial charge is 0.227 e. The second-order valence-electron chi connectivity index (χ2n) is 8.63. The minimum absolute atomic E-state index is 0.0485. The first-order valence-corrected chi connectivity index (χ1v) is 12.0. The van der Waals surface area contributed by atoms with E-state index in [-0.39, 0.29) is 17.2 Å². The van der Waals surface area contributed by atoms with Crippen LogP contribution < -0.4 is 5.32 Å². The van der Waals surface area contributed by atoms with Crippen LogP contribution in [0.2, 0.25) is 0 Å². The van der Waals surface area contributed by atoms with Crippen molar-refractivity contribution in [3.8, 4) is 0 Å². The first-order chi connectivity index (χ1) is 13.9. The molecule has 0 spiro atoms. The third-order valence-corrected chi connectivity index (χ3v) is 6.93. The molecule has 1 N–H and O–H groups in total. The molecule has 0 saturated carbocycles. The SMILES string of the molecule is CCCCCSc1nc2n(n1)[C@H](c1ccc(Br)cc1)C1=C(CC(C)(C)CC1=O)N2. The van der Waals surface area contributed by atoms with Crippen LogP contribution in [0.25, 0.3) is 0 Å². The van der Waals surface area contributed by atoms with Gasteiger partial charge in [0.05, 0.1) is 0 Å². The Kier molecular flexibility index (Phi) is 5.89. The zero-order valence-corrected chi connectivity index (χ0v) is 19.6. The fraction of sp³-hybridized carbons (Fsp3) is 0.500. The maximum Gasteiger partial charge on any atom is 0.227 e. The number of aromatic nitrogens is 3. The zero-order chi connectivity index (χ0) is 20.6. The maximum absolute atomic E-state index is 13.2. The number of rotatable bonds is 6. The lowest BCUT2D eigenvalue weighted by Gasteiger charge is -2.38. The molecule has 5 nitrogen and oxygen atoms in total. The number of anilines is 1. The fourth-order valence-electron chi connectivity index (χ4n) is 4.12. The van der Waals surface area contributed by atoms with Crippen molar-refractivity contribution in [1.82, 2.24) is 14.8 Å². The molecule has 1 aromatic carbocycles. The summed E-state index contributed by atoms with van der Waals surface area (Å²) in [6.07, 6.45) is 4.99. The van der Waals surface area contributed by atoms with Crippen LogP contribution in [0.3, 0.4) is 0 Å². The van der Waals surface area contributed by atoms with Gasteiger partial charge in [-0.1, -0.05) is 73.4 Å². The van der Waals surface area contributed by atoms with Crippen molar-refractivity contribution in [2.75, 3.05) is 11.1 Å². The van der Waals surface area contributed by atoms with E-state index in [1.807, 2.05) is 16.8 Å². The van der Waals surface area contributed by atoms with E-state index < -0.39 is 0 Å². The van der Waals surface area contributed by atoms with Crippen LogP contribution in [0.15, 0.2) is 45.2 Å².